The second-order valence-electron chi connectivity index (χ2n) is 4.33. The summed E-state index contributed by atoms with van der Waals surface area (Å²) in [6.07, 6.45) is 4.67. The predicted octanol–water partition coefficient (Wildman–Crippen LogP) is 1.79. The van der Waals surface area contributed by atoms with Gasteiger partial charge in [-0.1, -0.05) is 6.92 Å². The van der Waals surface area contributed by atoms with Gasteiger partial charge in [0.25, 0.3) is 5.91 Å². The smallest absolute Gasteiger partial charge is 0.262 e. The highest BCUT2D eigenvalue weighted by atomic mass is 32.1. The van der Waals surface area contributed by atoms with Gasteiger partial charge in [-0.2, -0.15) is 0 Å². The van der Waals surface area contributed by atoms with E-state index in [4.69, 9.17) is 5.84 Å². The molecule has 2 aromatic heterocycles. The number of carbonyl (C=O) groups excluding carboxylic acids is 2. The van der Waals surface area contributed by atoms with Crippen molar-refractivity contribution >= 4 is 28.7 Å². The van der Waals surface area contributed by atoms with Crippen LogP contribution in [0.5, 0.6) is 0 Å². The molecular weight excluding hydrogens is 288 g/mol. The topological polar surface area (TPSA) is 88.3 Å². The molecule has 2 heterocycles. The molecule has 3 N–H and O–H groups in total. The number of amides is 2. The van der Waals surface area contributed by atoms with Gasteiger partial charge in [-0.15, -0.1) is 11.3 Å². The molecule has 2 amide bonds. The average molecular weight is 304 g/mol. The molecule has 6 nitrogen and oxygen atoms in total. The predicted molar refractivity (Wildman–Crippen MR) is 82.9 cm³/mol. The van der Waals surface area contributed by atoms with Crippen molar-refractivity contribution in [3.8, 4) is 11.1 Å². The molecule has 0 aliphatic carbocycles. The highest BCUT2D eigenvalue weighted by Crippen LogP contribution is 2.35. The Morgan fingerprint density at radius 1 is 1.48 bits per heavy atom. The average Bonchev–Trinajstić information content (AvgIpc) is 2.98. The second kappa shape index (κ2) is 6.96. The number of thiophene rings is 1. The maximum Gasteiger partial charge on any atom is 0.262 e. The van der Waals surface area contributed by atoms with E-state index in [2.05, 4.69) is 10.3 Å². The van der Waals surface area contributed by atoms with Crippen molar-refractivity contribution in [2.45, 2.75) is 13.3 Å². The number of nitrogens with zero attached hydrogens (tertiary/aromatic N) is 2. The van der Waals surface area contributed by atoms with Crippen LogP contribution in [0.1, 0.15) is 23.0 Å². The van der Waals surface area contributed by atoms with Gasteiger partial charge in [0.15, 0.2) is 0 Å². The minimum atomic E-state index is -0.167. The van der Waals surface area contributed by atoms with Crippen LogP contribution in [0.4, 0.5) is 5.00 Å². The van der Waals surface area contributed by atoms with Crippen LogP contribution >= 0.6 is 11.3 Å². The molecule has 0 unspecified atom stereocenters. The van der Waals surface area contributed by atoms with Gasteiger partial charge in [-0.3, -0.25) is 14.6 Å². The Morgan fingerprint density at radius 2 is 2.19 bits per heavy atom. The highest BCUT2D eigenvalue weighted by molar-refractivity contribution is 7.18. The fourth-order valence-corrected chi connectivity index (χ4v) is 2.78. The molecule has 0 spiro atoms. The summed E-state index contributed by atoms with van der Waals surface area (Å²) < 4.78 is 0. The molecule has 0 saturated carbocycles. The van der Waals surface area contributed by atoms with Crippen LogP contribution in [0.3, 0.4) is 0 Å². The van der Waals surface area contributed by atoms with E-state index < -0.39 is 0 Å². The fraction of sp³-hybridized carbons (Fsp3) is 0.214. The van der Waals surface area contributed by atoms with Crippen LogP contribution in [-0.4, -0.2) is 23.8 Å². The Bertz CT molecular complexity index is 627. The van der Waals surface area contributed by atoms with Crippen molar-refractivity contribution in [1.82, 2.24) is 10.3 Å². The van der Waals surface area contributed by atoms with Crippen molar-refractivity contribution < 1.29 is 9.59 Å². The number of nitrogens with one attached hydrogen (secondary N) is 1. The molecule has 0 aromatic carbocycles. The first-order chi connectivity index (χ1) is 10.2. The molecule has 0 bridgehead atoms. The molecule has 0 atom stereocenters. The van der Waals surface area contributed by atoms with Gasteiger partial charge in [0, 0.05) is 24.5 Å². The van der Waals surface area contributed by atoms with E-state index in [0.717, 1.165) is 22.6 Å². The molecule has 2 aromatic rings. The zero-order valence-electron chi connectivity index (χ0n) is 11.6. The maximum absolute atomic E-state index is 12.3. The Kier molecular flexibility index (Phi) is 5.02. The third-order valence-electron chi connectivity index (χ3n) is 2.82. The number of hydrogen-bond acceptors (Lipinski definition) is 5. The lowest BCUT2D eigenvalue weighted by Gasteiger charge is -2.05. The number of carbonyl (C=O) groups is 2. The first-order valence-corrected chi connectivity index (χ1v) is 7.30. The van der Waals surface area contributed by atoms with Gasteiger partial charge >= 0.3 is 0 Å². The van der Waals surface area contributed by atoms with Crippen molar-refractivity contribution in [3.63, 3.8) is 0 Å². The number of anilines is 1. The summed E-state index contributed by atoms with van der Waals surface area (Å²) in [5, 5.41) is 4.31. The first-order valence-electron chi connectivity index (χ1n) is 6.49. The first kappa shape index (κ1) is 15.1. The van der Waals surface area contributed by atoms with Crippen LogP contribution < -0.4 is 16.2 Å². The van der Waals surface area contributed by atoms with E-state index in [-0.39, 0.29) is 5.91 Å². The number of hydrogen-bond donors (Lipinski definition) is 2. The van der Waals surface area contributed by atoms with E-state index >= 15 is 0 Å². The summed E-state index contributed by atoms with van der Waals surface area (Å²) in [6.45, 7) is 2.58. The van der Waals surface area contributed by atoms with Crippen LogP contribution in [0.15, 0.2) is 30.6 Å². The highest BCUT2D eigenvalue weighted by Gasteiger charge is 2.19. The lowest BCUT2D eigenvalue weighted by atomic mass is 10.1. The summed E-state index contributed by atoms with van der Waals surface area (Å²) in [4.78, 5) is 27.6. The minimum Gasteiger partial charge on any atom is -0.351 e. The minimum absolute atomic E-state index is 0.167. The van der Waals surface area contributed by atoms with Crippen LogP contribution in [0.2, 0.25) is 0 Å². The molecule has 2 rings (SSSR count). The van der Waals surface area contributed by atoms with Gasteiger partial charge in [0.1, 0.15) is 9.88 Å². The largest absolute Gasteiger partial charge is 0.351 e. The van der Waals surface area contributed by atoms with E-state index in [1.165, 1.54) is 11.3 Å². The van der Waals surface area contributed by atoms with Gasteiger partial charge in [0.05, 0.1) is 0 Å². The molecule has 0 aliphatic rings. The van der Waals surface area contributed by atoms with Crippen LogP contribution in [0.25, 0.3) is 11.1 Å². The summed E-state index contributed by atoms with van der Waals surface area (Å²) in [7, 11) is 0. The Hall–Kier alpha value is -2.25. The maximum atomic E-state index is 12.3. The number of pyridine rings is 1. The molecule has 0 radical (unpaired) electrons. The zero-order valence-corrected chi connectivity index (χ0v) is 12.4. The van der Waals surface area contributed by atoms with Crippen molar-refractivity contribution in [2.75, 3.05) is 11.6 Å². The Morgan fingerprint density at radius 3 is 2.81 bits per heavy atom. The number of rotatable bonds is 6. The van der Waals surface area contributed by atoms with Crippen LogP contribution in [0, 0.1) is 0 Å². The number of aromatic nitrogens is 1. The fourth-order valence-electron chi connectivity index (χ4n) is 1.79. The molecule has 0 aliphatic heterocycles. The Balaban J connectivity index is 2.43. The van der Waals surface area contributed by atoms with Crippen molar-refractivity contribution in [2.24, 2.45) is 5.84 Å². The second-order valence-corrected chi connectivity index (χ2v) is 5.36. The molecule has 21 heavy (non-hydrogen) atoms. The molecule has 110 valence electrons. The van der Waals surface area contributed by atoms with E-state index in [1.807, 2.05) is 19.1 Å². The number of hydrazine groups is 1. The summed E-state index contributed by atoms with van der Waals surface area (Å²) in [5.74, 6) is 5.42. The number of nitrogens with two attached hydrogens (primary N) is 1. The third-order valence-corrected chi connectivity index (χ3v) is 3.97. The Labute approximate surface area is 126 Å². The molecular formula is C14H16N4O2S. The molecule has 0 fully saturated rings. The van der Waals surface area contributed by atoms with Gasteiger partial charge in [-0.25, -0.2) is 10.9 Å². The third kappa shape index (κ3) is 3.45. The normalized spacial score (nSPS) is 10.2. The van der Waals surface area contributed by atoms with Crippen molar-refractivity contribution in [3.05, 3.63) is 35.5 Å². The van der Waals surface area contributed by atoms with Gasteiger partial charge < -0.3 is 5.32 Å². The van der Waals surface area contributed by atoms with Crippen molar-refractivity contribution in [1.29, 1.82) is 0 Å². The lowest BCUT2D eigenvalue weighted by molar-refractivity contribution is -0.107. The van der Waals surface area contributed by atoms with E-state index in [0.29, 0.717) is 22.8 Å². The monoisotopic (exact) mass is 304 g/mol. The van der Waals surface area contributed by atoms with E-state index in [9.17, 15) is 9.59 Å². The lowest BCUT2D eigenvalue weighted by Crippen LogP contribution is -2.27. The SMILES string of the molecule is CCCNC(=O)c1sc(N(N)C=O)cc1-c1ccncc1. The quantitative estimate of drug-likeness (QED) is 0.368. The van der Waals surface area contributed by atoms with E-state index in [1.54, 1.807) is 18.5 Å². The summed E-state index contributed by atoms with van der Waals surface area (Å²) in [5.41, 5.74) is 1.59. The van der Waals surface area contributed by atoms with Gasteiger partial charge in [-0.05, 0) is 30.2 Å². The molecule has 0 saturated heterocycles. The van der Waals surface area contributed by atoms with Gasteiger partial charge in [0.2, 0.25) is 6.41 Å². The molecule has 7 heteroatoms. The summed E-state index contributed by atoms with van der Waals surface area (Å²) >= 11 is 1.18. The van der Waals surface area contributed by atoms with Crippen LogP contribution in [-0.2, 0) is 4.79 Å². The standard InChI is InChI=1S/C14H16N4O2S/c1-2-5-17-14(20)13-11(10-3-6-16-7-4-10)8-12(21-13)18(15)9-19/h3-4,6-9H,2,5,15H2,1H3,(H,17,20). The summed E-state index contributed by atoms with van der Waals surface area (Å²) in [6, 6.07) is 5.35. The zero-order chi connectivity index (χ0) is 15.2.